The molecule has 1 N–H and O–H groups in total. The average Bonchev–Trinajstić information content (AvgIpc) is 2.53. The molecule has 0 bridgehead atoms. The van der Waals surface area contributed by atoms with Crippen LogP contribution in [0.15, 0.2) is 41.3 Å². The van der Waals surface area contributed by atoms with E-state index in [9.17, 15) is 8.78 Å². The molecule has 0 fully saturated rings. The molecule has 1 atom stereocenters. The van der Waals surface area contributed by atoms with Gasteiger partial charge in [0.25, 0.3) is 0 Å². The number of benzene rings is 2. The normalized spacial score (nSPS) is 17.1. The summed E-state index contributed by atoms with van der Waals surface area (Å²) in [7, 11) is 1.45. The molecule has 116 valence electrons. The minimum Gasteiger partial charge on any atom is -0.494 e. The maximum atomic E-state index is 13.7. The molecule has 0 amide bonds. The van der Waals surface area contributed by atoms with Crippen LogP contribution in [-0.4, -0.2) is 12.9 Å². The van der Waals surface area contributed by atoms with Crippen molar-refractivity contribution < 1.29 is 13.5 Å². The number of thioether (sulfide) groups is 1. The second-order valence-corrected chi connectivity index (χ2v) is 6.36. The molecule has 0 saturated carbocycles. The van der Waals surface area contributed by atoms with E-state index in [0.29, 0.717) is 6.54 Å². The first kappa shape index (κ1) is 15.3. The Labute approximate surface area is 132 Å². The van der Waals surface area contributed by atoms with Crippen LogP contribution in [0.1, 0.15) is 23.6 Å². The lowest BCUT2D eigenvalue weighted by molar-refractivity contribution is 0.386. The first-order valence-electron chi connectivity index (χ1n) is 7.15. The van der Waals surface area contributed by atoms with Crippen LogP contribution in [-0.2, 0) is 6.54 Å². The van der Waals surface area contributed by atoms with E-state index >= 15 is 0 Å². The molecule has 0 aromatic heterocycles. The van der Waals surface area contributed by atoms with Crippen LogP contribution in [0, 0.1) is 11.6 Å². The zero-order valence-electron chi connectivity index (χ0n) is 12.2. The minimum atomic E-state index is -0.368. The van der Waals surface area contributed by atoms with Crippen molar-refractivity contribution in [2.75, 3.05) is 12.9 Å². The van der Waals surface area contributed by atoms with Crippen molar-refractivity contribution >= 4 is 11.8 Å². The predicted octanol–water partition coefficient (Wildman–Crippen LogP) is 4.30. The summed E-state index contributed by atoms with van der Waals surface area (Å²) in [6.07, 6.45) is 0.930. The Morgan fingerprint density at radius 1 is 1.23 bits per heavy atom. The number of methoxy groups -OCH3 is 1. The van der Waals surface area contributed by atoms with Crippen molar-refractivity contribution in [1.29, 1.82) is 0 Å². The lowest BCUT2D eigenvalue weighted by Gasteiger charge is -2.26. The van der Waals surface area contributed by atoms with Crippen LogP contribution in [0.4, 0.5) is 8.78 Å². The van der Waals surface area contributed by atoms with Crippen LogP contribution in [0.5, 0.6) is 5.75 Å². The van der Waals surface area contributed by atoms with Gasteiger partial charge in [0.2, 0.25) is 0 Å². The highest BCUT2D eigenvalue weighted by Gasteiger charge is 2.20. The first-order valence-corrected chi connectivity index (χ1v) is 8.14. The van der Waals surface area contributed by atoms with Gasteiger partial charge in [-0.2, -0.15) is 0 Å². The van der Waals surface area contributed by atoms with Crippen molar-refractivity contribution in [2.45, 2.75) is 23.9 Å². The summed E-state index contributed by atoms with van der Waals surface area (Å²) in [5.74, 6) is 0.647. The summed E-state index contributed by atoms with van der Waals surface area (Å²) in [6, 6.07) is 9.93. The molecule has 2 aromatic rings. The van der Waals surface area contributed by atoms with Crippen molar-refractivity contribution in [3.63, 3.8) is 0 Å². The minimum absolute atomic E-state index is 0.0945. The van der Waals surface area contributed by atoms with E-state index in [2.05, 4.69) is 5.32 Å². The monoisotopic (exact) mass is 321 g/mol. The van der Waals surface area contributed by atoms with Crippen molar-refractivity contribution in [2.24, 2.45) is 0 Å². The maximum Gasteiger partial charge on any atom is 0.165 e. The predicted molar refractivity (Wildman–Crippen MR) is 84.3 cm³/mol. The number of fused-ring (bicyclic) bond motifs is 1. The van der Waals surface area contributed by atoms with Gasteiger partial charge in [0.15, 0.2) is 11.6 Å². The molecule has 1 unspecified atom stereocenters. The van der Waals surface area contributed by atoms with E-state index in [4.69, 9.17) is 4.74 Å². The Bertz CT molecular complexity index is 678. The summed E-state index contributed by atoms with van der Waals surface area (Å²) in [4.78, 5) is 1.12. The van der Waals surface area contributed by atoms with Crippen molar-refractivity contribution in [3.05, 3.63) is 59.2 Å². The van der Waals surface area contributed by atoms with Gasteiger partial charge in [0, 0.05) is 17.5 Å². The molecule has 1 aliphatic rings. The Hall–Kier alpha value is -1.59. The third kappa shape index (κ3) is 3.25. The van der Waals surface area contributed by atoms with Crippen LogP contribution in [0.25, 0.3) is 0 Å². The van der Waals surface area contributed by atoms with Gasteiger partial charge in [-0.25, -0.2) is 8.78 Å². The molecule has 0 spiro atoms. The molecule has 1 aliphatic heterocycles. The quantitative estimate of drug-likeness (QED) is 0.907. The third-order valence-corrected chi connectivity index (χ3v) is 4.90. The fourth-order valence-corrected chi connectivity index (χ4v) is 3.74. The van der Waals surface area contributed by atoms with E-state index in [1.165, 1.54) is 19.2 Å². The van der Waals surface area contributed by atoms with Gasteiger partial charge < -0.3 is 10.1 Å². The van der Waals surface area contributed by atoms with Gasteiger partial charge in [0.1, 0.15) is 5.82 Å². The van der Waals surface area contributed by atoms with Gasteiger partial charge in [0.05, 0.1) is 7.11 Å². The standard InChI is InChI=1S/C17H17F2NOS/c1-21-16-4-2-11(8-14(16)19)10-20-15-6-7-22-17-5-3-12(18)9-13(15)17/h2-5,8-9,15,20H,6-7,10H2,1H3. The third-order valence-electron chi connectivity index (χ3n) is 3.78. The maximum absolute atomic E-state index is 13.7. The lowest BCUT2D eigenvalue weighted by atomic mass is 10.0. The van der Waals surface area contributed by atoms with E-state index in [0.717, 1.165) is 28.2 Å². The molecule has 0 aliphatic carbocycles. The molecule has 0 saturated heterocycles. The van der Waals surface area contributed by atoms with Crippen molar-refractivity contribution in [1.82, 2.24) is 5.32 Å². The van der Waals surface area contributed by atoms with E-state index in [-0.39, 0.29) is 23.4 Å². The summed E-state index contributed by atoms with van der Waals surface area (Å²) < 4.78 is 32.1. The number of hydrogen-bond acceptors (Lipinski definition) is 3. The lowest BCUT2D eigenvalue weighted by Crippen LogP contribution is -2.24. The molecule has 1 heterocycles. The Kier molecular flexibility index (Phi) is 4.64. The van der Waals surface area contributed by atoms with Gasteiger partial charge >= 0.3 is 0 Å². The topological polar surface area (TPSA) is 21.3 Å². The van der Waals surface area contributed by atoms with Crippen LogP contribution in [0.2, 0.25) is 0 Å². The second kappa shape index (κ2) is 6.67. The number of rotatable bonds is 4. The second-order valence-electron chi connectivity index (χ2n) is 5.22. The van der Waals surface area contributed by atoms with Crippen LogP contribution in [0.3, 0.4) is 0 Å². The van der Waals surface area contributed by atoms with E-state index < -0.39 is 0 Å². The Morgan fingerprint density at radius 3 is 2.86 bits per heavy atom. The zero-order chi connectivity index (χ0) is 15.5. The number of ether oxygens (including phenoxy) is 1. The number of halogens is 2. The molecule has 2 nitrogen and oxygen atoms in total. The summed E-state index contributed by atoms with van der Waals surface area (Å²) in [5.41, 5.74) is 1.83. The van der Waals surface area contributed by atoms with Gasteiger partial charge in [-0.1, -0.05) is 6.07 Å². The smallest absolute Gasteiger partial charge is 0.165 e. The van der Waals surface area contributed by atoms with E-state index in [1.807, 2.05) is 12.1 Å². The highest BCUT2D eigenvalue weighted by molar-refractivity contribution is 7.99. The Balaban J connectivity index is 1.72. The van der Waals surface area contributed by atoms with Gasteiger partial charge in [-0.15, -0.1) is 11.8 Å². The fraction of sp³-hybridized carbons (Fsp3) is 0.294. The highest BCUT2D eigenvalue weighted by atomic mass is 32.2. The molecule has 2 aromatic carbocycles. The molecule has 3 rings (SSSR count). The largest absolute Gasteiger partial charge is 0.494 e. The Morgan fingerprint density at radius 2 is 2.09 bits per heavy atom. The fourth-order valence-electron chi connectivity index (χ4n) is 2.64. The highest BCUT2D eigenvalue weighted by Crippen LogP contribution is 2.36. The number of nitrogens with one attached hydrogen (secondary N) is 1. The van der Waals surface area contributed by atoms with Crippen LogP contribution < -0.4 is 10.1 Å². The molecule has 5 heteroatoms. The summed E-state index contributed by atoms with van der Waals surface area (Å²) >= 11 is 1.75. The molecular weight excluding hydrogens is 304 g/mol. The van der Waals surface area contributed by atoms with Crippen molar-refractivity contribution in [3.8, 4) is 5.75 Å². The summed E-state index contributed by atoms with van der Waals surface area (Å²) in [5, 5.41) is 3.40. The van der Waals surface area contributed by atoms with E-state index in [1.54, 1.807) is 23.9 Å². The van der Waals surface area contributed by atoms with Gasteiger partial charge in [-0.3, -0.25) is 0 Å². The summed E-state index contributed by atoms with van der Waals surface area (Å²) in [6.45, 7) is 0.534. The molecular formula is C17H17F2NOS. The van der Waals surface area contributed by atoms with Gasteiger partial charge in [-0.05, 0) is 53.6 Å². The van der Waals surface area contributed by atoms with Crippen LogP contribution >= 0.6 is 11.8 Å². The average molecular weight is 321 g/mol. The number of hydrogen-bond donors (Lipinski definition) is 1. The first-order chi connectivity index (χ1) is 10.7. The molecule has 22 heavy (non-hydrogen) atoms. The molecule has 0 radical (unpaired) electrons. The zero-order valence-corrected chi connectivity index (χ0v) is 13.1. The SMILES string of the molecule is COc1ccc(CNC2CCSc3ccc(F)cc32)cc1F.